The molecule has 0 aliphatic rings. The van der Waals surface area contributed by atoms with Crippen LogP contribution in [-0.2, 0) is 14.3 Å². The third kappa shape index (κ3) is 5.15. The number of ether oxygens (including phenoxy) is 1. The molecule has 0 saturated carbocycles. The number of para-hydroxylation sites is 2. The first-order valence-corrected chi connectivity index (χ1v) is 7.94. The Morgan fingerprint density at radius 3 is 2.54 bits per heavy atom. The van der Waals surface area contributed by atoms with Gasteiger partial charge in [-0.05, 0) is 30.7 Å². The molecule has 0 aromatic heterocycles. The molecule has 1 atom stereocenters. The Bertz CT molecular complexity index is 866. The van der Waals surface area contributed by atoms with E-state index in [-0.39, 0.29) is 11.4 Å². The number of hydrogen-bond donors (Lipinski definition) is 1. The van der Waals surface area contributed by atoms with E-state index < -0.39 is 22.9 Å². The van der Waals surface area contributed by atoms with E-state index in [1.807, 2.05) is 0 Å². The Labute approximate surface area is 154 Å². The quantitative estimate of drug-likeness (QED) is 0.358. The average Bonchev–Trinajstić information content (AvgIpc) is 2.61. The minimum absolute atomic E-state index is 0.0250. The molecule has 1 N–H and O–H groups in total. The van der Waals surface area contributed by atoms with E-state index in [4.69, 9.17) is 16.3 Å². The van der Waals surface area contributed by atoms with Gasteiger partial charge in [-0.2, -0.15) is 0 Å². The van der Waals surface area contributed by atoms with Gasteiger partial charge >= 0.3 is 5.97 Å². The van der Waals surface area contributed by atoms with Crippen molar-refractivity contribution in [3.05, 3.63) is 75.3 Å². The fraction of sp³-hybridized carbons (Fsp3) is 0.111. The summed E-state index contributed by atoms with van der Waals surface area (Å²) in [6.07, 6.45) is 1.48. The normalized spacial score (nSPS) is 11.8. The third-order valence-corrected chi connectivity index (χ3v) is 3.67. The van der Waals surface area contributed by atoms with Crippen molar-refractivity contribution < 1.29 is 19.2 Å². The van der Waals surface area contributed by atoms with E-state index in [2.05, 4.69) is 5.32 Å². The van der Waals surface area contributed by atoms with Crippen LogP contribution in [-0.4, -0.2) is 22.9 Å². The summed E-state index contributed by atoms with van der Waals surface area (Å²) in [5.41, 5.74) is 0.401. The SMILES string of the molecule is C[C@H](OC(=O)/C=C/c1ccccc1Cl)C(=O)Nc1ccccc1[N+](=O)[O-]. The van der Waals surface area contributed by atoms with Crippen LogP contribution in [0.1, 0.15) is 12.5 Å². The van der Waals surface area contributed by atoms with E-state index in [0.29, 0.717) is 10.6 Å². The van der Waals surface area contributed by atoms with Crippen LogP contribution >= 0.6 is 11.6 Å². The van der Waals surface area contributed by atoms with Crippen LogP contribution in [0, 0.1) is 10.1 Å². The number of nitrogens with zero attached hydrogens (tertiary/aromatic N) is 1. The van der Waals surface area contributed by atoms with Crippen molar-refractivity contribution in [3.63, 3.8) is 0 Å². The molecule has 2 aromatic carbocycles. The van der Waals surface area contributed by atoms with Gasteiger partial charge < -0.3 is 10.1 Å². The summed E-state index contributed by atoms with van der Waals surface area (Å²) in [4.78, 5) is 34.3. The van der Waals surface area contributed by atoms with E-state index in [1.54, 1.807) is 30.3 Å². The maximum Gasteiger partial charge on any atom is 0.331 e. The van der Waals surface area contributed by atoms with Gasteiger partial charge in [0.05, 0.1) is 4.92 Å². The molecular weight excluding hydrogens is 360 g/mol. The monoisotopic (exact) mass is 374 g/mol. The molecule has 0 aliphatic carbocycles. The van der Waals surface area contributed by atoms with Gasteiger partial charge in [-0.15, -0.1) is 0 Å². The Kier molecular flexibility index (Phi) is 6.46. The van der Waals surface area contributed by atoms with Gasteiger partial charge in [0.2, 0.25) is 0 Å². The number of carbonyl (C=O) groups is 2. The molecule has 2 rings (SSSR count). The number of nitro groups is 1. The molecule has 8 heteroatoms. The standard InChI is InChI=1S/C18H15ClN2O5/c1-12(18(23)20-15-8-4-5-9-16(15)21(24)25)26-17(22)11-10-13-6-2-3-7-14(13)19/h2-12H,1H3,(H,20,23)/b11-10+/t12-/m0/s1. The molecule has 2 aromatic rings. The average molecular weight is 375 g/mol. The highest BCUT2D eigenvalue weighted by atomic mass is 35.5. The number of halogens is 1. The van der Waals surface area contributed by atoms with Crippen molar-refractivity contribution in [2.75, 3.05) is 5.32 Å². The second kappa shape index (κ2) is 8.77. The number of esters is 1. The zero-order valence-electron chi connectivity index (χ0n) is 13.7. The minimum Gasteiger partial charge on any atom is -0.449 e. The van der Waals surface area contributed by atoms with Crippen LogP contribution in [0.4, 0.5) is 11.4 Å². The van der Waals surface area contributed by atoms with Crippen LogP contribution in [0.5, 0.6) is 0 Å². The molecule has 0 fully saturated rings. The zero-order chi connectivity index (χ0) is 19.1. The fourth-order valence-electron chi connectivity index (χ4n) is 2.01. The summed E-state index contributed by atoms with van der Waals surface area (Å²) in [5.74, 6) is -1.42. The molecule has 26 heavy (non-hydrogen) atoms. The number of nitro benzene ring substituents is 1. The minimum atomic E-state index is -1.14. The summed E-state index contributed by atoms with van der Waals surface area (Å²) in [6, 6.07) is 12.6. The van der Waals surface area contributed by atoms with E-state index in [0.717, 1.165) is 6.08 Å². The lowest BCUT2D eigenvalue weighted by Crippen LogP contribution is -2.29. The molecule has 0 bridgehead atoms. The molecule has 0 saturated heterocycles. The van der Waals surface area contributed by atoms with Crippen molar-refractivity contribution in [1.29, 1.82) is 0 Å². The highest BCUT2D eigenvalue weighted by molar-refractivity contribution is 6.32. The van der Waals surface area contributed by atoms with E-state index >= 15 is 0 Å². The van der Waals surface area contributed by atoms with E-state index in [9.17, 15) is 19.7 Å². The van der Waals surface area contributed by atoms with Gasteiger partial charge in [0, 0.05) is 17.2 Å². The first-order valence-electron chi connectivity index (χ1n) is 7.56. The predicted octanol–water partition coefficient (Wildman–Crippen LogP) is 3.83. The zero-order valence-corrected chi connectivity index (χ0v) is 14.5. The fourth-order valence-corrected chi connectivity index (χ4v) is 2.21. The van der Waals surface area contributed by atoms with Gasteiger partial charge in [-0.1, -0.05) is 41.9 Å². The number of nitrogens with one attached hydrogen (secondary N) is 1. The maximum atomic E-state index is 12.1. The van der Waals surface area contributed by atoms with Gasteiger partial charge in [0.25, 0.3) is 11.6 Å². The van der Waals surface area contributed by atoms with Crippen LogP contribution in [0.3, 0.4) is 0 Å². The van der Waals surface area contributed by atoms with Crippen molar-refractivity contribution in [3.8, 4) is 0 Å². The smallest absolute Gasteiger partial charge is 0.331 e. The second-order valence-electron chi connectivity index (χ2n) is 5.20. The predicted molar refractivity (Wildman–Crippen MR) is 97.8 cm³/mol. The number of rotatable bonds is 6. The molecule has 1 amide bonds. The first-order chi connectivity index (χ1) is 12.4. The van der Waals surface area contributed by atoms with Crippen molar-refractivity contribution in [1.82, 2.24) is 0 Å². The van der Waals surface area contributed by atoms with E-state index in [1.165, 1.54) is 31.2 Å². The lowest BCUT2D eigenvalue weighted by Gasteiger charge is -2.12. The van der Waals surface area contributed by atoms with Crippen molar-refractivity contribution >= 4 is 40.9 Å². The molecule has 0 aliphatic heterocycles. The summed E-state index contributed by atoms with van der Waals surface area (Å²) in [7, 11) is 0. The Hall–Kier alpha value is -3.19. The number of anilines is 1. The number of amides is 1. The lowest BCUT2D eigenvalue weighted by atomic mass is 10.2. The molecule has 134 valence electrons. The van der Waals surface area contributed by atoms with Gasteiger partial charge in [-0.3, -0.25) is 14.9 Å². The molecule has 7 nitrogen and oxygen atoms in total. The van der Waals surface area contributed by atoms with Gasteiger partial charge in [-0.25, -0.2) is 4.79 Å². The lowest BCUT2D eigenvalue weighted by molar-refractivity contribution is -0.383. The summed E-state index contributed by atoms with van der Waals surface area (Å²) < 4.78 is 5.00. The third-order valence-electron chi connectivity index (χ3n) is 3.32. The largest absolute Gasteiger partial charge is 0.449 e. The number of carbonyl (C=O) groups excluding carboxylic acids is 2. The summed E-state index contributed by atoms with van der Waals surface area (Å²) >= 11 is 5.97. The Balaban J connectivity index is 1.98. The second-order valence-corrected chi connectivity index (χ2v) is 5.60. The molecule has 0 spiro atoms. The van der Waals surface area contributed by atoms with Crippen LogP contribution in [0.2, 0.25) is 5.02 Å². The maximum absolute atomic E-state index is 12.1. The van der Waals surface area contributed by atoms with Crippen LogP contribution in [0.25, 0.3) is 6.08 Å². The summed E-state index contributed by atoms with van der Waals surface area (Å²) in [5, 5.41) is 13.8. The highest BCUT2D eigenvalue weighted by Crippen LogP contribution is 2.23. The number of hydrogen-bond acceptors (Lipinski definition) is 5. The Morgan fingerprint density at radius 2 is 1.85 bits per heavy atom. The van der Waals surface area contributed by atoms with Crippen LogP contribution in [0.15, 0.2) is 54.6 Å². The van der Waals surface area contributed by atoms with Crippen LogP contribution < -0.4 is 5.32 Å². The topological polar surface area (TPSA) is 98.5 Å². The summed E-state index contributed by atoms with van der Waals surface area (Å²) in [6.45, 7) is 1.37. The molecular formula is C18H15ClN2O5. The molecule has 0 radical (unpaired) electrons. The van der Waals surface area contributed by atoms with Crippen molar-refractivity contribution in [2.24, 2.45) is 0 Å². The van der Waals surface area contributed by atoms with Gasteiger partial charge in [0.15, 0.2) is 6.10 Å². The highest BCUT2D eigenvalue weighted by Gasteiger charge is 2.20. The number of benzene rings is 2. The molecule has 0 unspecified atom stereocenters. The first kappa shape index (κ1) is 19.1. The Morgan fingerprint density at radius 1 is 1.19 bits per heavy atom. The van der Waals surface area contributed by atoms with Gasteiger partial charge in [0.1, 0.15) is 5.69 Å². The van der Waals surface area contributed by atoms with Crippen molar-refractivity contribution in [2.45, 2.75) is 13.0 Å². The molecule has 0 heterocycles.